The van der Waals surface area contributed by atoms with E-state index in [4.69, 9.17) is 14.0 Å². The molecule has 0 aliphatic carbocycles. The summed E-state index contributed by atoms with van der Waals surface area (Å²) >= 11 is 0. The lowest BCUT2D eigenvalue weighted by Crippen LogP contribution is -2.61. The Bertz CT molecular complexity index is 907. The summed E-state index contributed by atoms with van der Waals surface area (Å²) in [6.45, 7) is 0. The number of benzene rings is 1. The molecule has 1 unspecified atom stereocenters. The Morgan fingerprint density at radius 1 is 1.04 bits per heavy atom. The predicted molar refractivity (Wildman–Crippen MR) is 88.5 cm³/mol. The number of aromatic nitrogens is 1. The first kappa shape index (κ1) is 19.6. The van der Waals surface area contributed by atoms with Gasteiger partial charge in [-0.1, -0.05) is 12.1 Å². The number of hydrogen-bond donors (Lipinski definition) is 4. The van der Waals surface area contributed by atoms with Gasteiger partial charge >= 0.3 is 0 Å². The lowest BCUT2D eigenvalue weighted by molar-refractivity contribution is -0.254. The summed E-state index contributed by atoms with van der Waals surface area (Å²) in [5.74, 6) is -0.416. The van der Waals surface area contributed by atoms with Crippen LogP contribution in [-0.4, -0.2) is 63.3 Å². The summed E-state index contributed by atoms with van der Waals surface area (Å²) in [6.07, 6.45) is -4.92. The molecule has 1 aliphatic heterocycles. The van der Waals surface area contributed by atoms with Gasteiger partial charge in [-0.3, -0.25) is 9.54 Å². The summed E-state index contributed by atoms with van der Waals surface area (Å²) < 4.78 is 55.4. The van der Waals surface area contributed by atoms with E-state index in [9.17, 15) is 28.1 Å². The molecule has 1 saturated heterocycles. The lowest BCUT2D eigenvalue weighted by Gasteiger charge is -2.38. The standard InChI is InChI=1S/C16H16FNO8S/c17-9-3-1-8(2-4-9)10-5-6-18-7-11(10)25-15-13(20)12(19)14(21)16(26-15)27(22,23)24/h1-7,12-16,19-21H,(H,22,23,24)/t12-,13-,14+,15-,16?/m1/s1. The molecular formula is C16H16FNO8S. The van der Waals surface area contributed by atoms with Crippen molar-refractivity contribution in [2.24, 2.45) is 0 Å². The topological polar surface area (TPSA) is 146 Å². The Balaban J connectivity index is 1.91. The molecule has 0 radical (unpaired) electrons. The van der Waals surface area contributed by atoms with Gasteiger partial charge in [-0.2, -0.15) is 8.42 Å². The first-order valence-corrected chi connectivity index (χ1v) is 9.21. The third-order valence-corrected chi connectivity index (χ3v) is 4.98. The molecule has 0 spiro atoms. The summed E-state index contributed by atoms with van der Waals surface area (Å²) in [5.41, 5.74) is -1.26. The van der Waals surface area contributed by atoms with Gasteiger partial charge in [0.2, 0.25) is 11.7 Å². The van der Waals surface area contributed by atoms with E-state index < -0.39 is 46.0 Å². The molecule has 0 saturated carbocycles. The van der Waals surface area contributed by atoms with E-state index in [1.165, 1.54) is 42.7 Å². The van der Waals surface area contributed by atoms with E-state index in [1.54, 1.807) is 0 Å². The zero-order chi connectivity index (χ0) is 19.8. The van der Waals surface area contributed by atoms with Gasteiger partial charge in [0.05, 0.1) is 6.20 Å². The molecule has 1 aromatic carbocycles. The zero-order valence-corrected chi connectivity index (χ0v) is 14.4. The van der Waals surface area contributed by atoms with Crippen LogP contribution >= 0.6 is 0 Å². The van der Waals surface area contributed by atoms with Gasteiger partial charge in [0.15, 0.2) is 0 Å². The van der Waals surface area contributed by atoms with Crippen molar-refractivity contribution in [2.75, 3.05) is 0 Å². The number of aliphatic hydroxyl groups is 3. The van der Waals surface area contributed by atoms with Crippen molar-refractivity contribution in [3.8, 4) is 16.9 Å². The molecule has 5 atom stereocenters. The van der Waals surface area contributed by atoms with E-state index in [2.05, 4.69) is 4.98 Å². The maximum atomic E-state index is 13.1. The minimum absolute atomic E-state index is 0.0332. The summed E-state index contributed by atoms with van der Waals surface area (Å²) in [7, 11) is -4.90. The number of rotatable bonds is 4. The number of hydrogen-bond acceptors (Lipinski definition) is 8. The fourth-order valence-electron chi connectivity index (χ4n) is 2.63. The van der Waals surface area contributed by atoms with Crippen LogP contribution in [0.15, 0.2) is 42.7 Å². The number of pyridine rings is 1. The monoisotopic (exact) mass is 401 g/mol. The van der Waals surface area contributed by atoms with Gasteiger partial charge in [-0.25, -0.2) is 4.39 Å². The molecule has 2 heterocycles. The SMILES string of the molecule is O=S(=O)(O)C1O[C@@H](Oc2cnccc2-c2ccc(F)cc2)[C@H](O)[C@@H](O)[C@@H]1O. The van der Waals surface area contributed by atoms with Gasteiger partial charge < -0.3 is 24.8 Å². The van der Waals surface area contributed by atoms with Crippen LogP contribution < -0.4 is 4.74 Å². The van der Waals surface area contributed by atoms with Crippen LogP contribution in [0.1, 0.15) is 0 Å². The Morgan fingerprint density at radius 3 is 2.33 bits per heavy atom. The maximum absolute atomic E-state index is 13.1. The normalized spacial score (nSPS) is 28.7. The zero-order valence-electron chi connectivity index (χ0n) is 13.6. The quantitative estimate of drug-likeness (QED) is 0.517. The van der Waals surface area contributed by atoms with Crippen LogP contribution in [-0.2, 0) is 14.9 Å². The van der Waals surface area contributed by atoms with Crippen LogP contribution in [0.2, 0.25) is 0 Å². The highest BCUT2D eigenvalue weighted by molar-refractivity contribution is 7.86. The van der Waals surface area contributed by atoms with Crippen molar-refractivity contribution in [3.63, 3.8) is 0 Å². The average molecular weight is 401 g/mol. The smallest absolute Gasteiger partial charge is 0.295 e. The van der Waals surface area contributed by atoms with Crippen molar-refractivity contribution < 1.29 is 42.2 Å². The average Bonchev–Trinajstić information content (AvgIpc) is 2.62. The van der Waals surface area contributed by atoms with E-state index in [0.717, 1.165) is 0 Å². The lowest BCUT2D eigenvalue weighted by atomic mass is 10.0. The highest BCUT2D eigenvalue weighted by Crippen LogP contribution is 2.32. The molecule has 27 heavy (non-hydrogen) atoms. The molecule has 146 valence electrons. The number of ether oxygens (including phenoxy) is 2. The van der Waals surface area contributed by atoms with Crippen LogP contribution in [0.3, 0.4) is 0 Å². The van der Waals surface area contributed by atoms with Crippen molar-refractivity contribution in [1.82, 2.24) is 4.98 Å². The molecule has 0 bridgehead atoms. The Labute approximate surface area is 153 Å². The third kappa shape index (κ3) is 4.08. The van der Waals surface area contributed by atoms with Crippen LogP contribution in [0.25, 0.3) is 11.1 Å². The highest BCUT2D eigenvalue weighted by Gasteiger charge is 2.50. The van der Waals surface area contributed by atoms with Gasteiger partial charge in [0.25, 0.3) is 10.1 Å². The fraction of sp³-hybridized carbons (Fsp3) is 0.312. The number of nitrogens with zero attached hydrogens (tertiary/aromatic N) is 1. The predicted octanol–water partition coefficient (Wildman–Crippen LogP) is -0.0806. The number of aliphatic hydroxyl groups excluding tert-OH is 3. The van der Waals surface area contributed by atoms with E-state index in [1.807, 2.05) is 0 Å². The Hall–Kier alpha value is -2.15. The minimum Gasteiger partial charge on any atom is -0.460 e. The molecule has 9 nitrogen and oxygen atoms in total. The molecule has 1 aromatic heterocycles. The fourth-order valence-corrected chi connectivity index (χ4v) is 3.39. The van der Waals surface area contributed by atoms with Gasteiger partial charge in [0, 0.05) is 11.8 Å². The highest BCUT2D eigenvalue weighted by atomic mass is 32.2. The van der Waals surface area contributed by atoms with Crippen molar-refractivity contribution in [3.05, 3.63) is 48.5 Å². The molecule has 11 heteroatoms. The molecule has 0 amide bonds. The first-order valence-electron chi connectivity index (χ1n) is 7.71. The second kappa shape index (κ2) is 7.46. The largest absolute Gasteiger partial charge is 0.460 e. The summed E-state index contributed by atoms with van der Waals surface area (Å²) in [4.78, 5) is 3.86. The van der Waals surface area contributed by atoms with Crippen LogP contribution in [0, 0.1) is 5.82 Å². The molecule has 4 N–H and O–H groups in total. The minimum atomic E-state index is -4.90. The second-order valence-electron chi connectivity index (χ2n) is 5.86. The summed E-state index contributed by atoms with van der Waals surface area (Å²) in [5, 5.41) is 29.6. The van der Waals surface area contributed by atoms with E-state index in [0.29, 0.717) is 11.1 Å². The van der Waals surface area contributed by atoms with Gasteiger partial charge in [-0.05, 0) is 23.8 Å². The molecule has 1 aliphatic rings. The van der Waals surface area contributed by atoms with Crippen molar-refractivity contribution in [1.29, 1.82) is 0 Å². The first-order chi connectivity index (χ1) is 12.7. The number of halogens is 1. The Kier molecular flexibility index (Phi) is 5.42. The van der Waals surface area contributed by atoms with Gasteiger partial charge in [0.1, 0.15) is 29.9 Å². The van der Waals surface area contributed by atoms with Crippen LogP contribution in [0.4, 0.5) is 4.39 Å². The Morgan fingerprint density at radius 2 is 1.70 bits per heavy atom. The van der Waals surface area contributed by atoms with Crippen LogP contribution in [0.5, 0.6) is 5.75 Å². The van der Waals surface area contributed by atoms with Crippen molar-refractivity contribution in [2.45, 2.75) is 30.0 Å². The van der Waals surface area contributed by atoms with Crippen molar-refractivity contribution >= 4 is 10.1 Å². The summed E-state index contributed by atoms with van der Waals surface area (Å²) in [6, 6.07) is 6.91. The molecular weight excluding hydrogens is 385 g/mol. The molecule has 3 rings (SSSR count). The second-order valence-corrected chi connectivity index (χ2v) is 7.35. The third-order valence-electron chi connectivity index (χ3n) is 4.00. The molecule has 1 fully saturated rings. The van der Waals surface area contributed by atoms with E-state index >= 15 is 0 Å². The van der Waals surface area contributed by atoms with E-state index in [-0.39, 0.29) is 5.75 Å². The van der Waals surface area contributed by atoms with Gasteiger partial charge in [-0.15, -0.1) is 0 Å². The maximum Gasteiger partial charge on any atom is 0.295 e. The molecule has 2 aromatic rings.